The van der Waals surface area contributed by atoms with Crippen LogP contribution in [0.15, 0.2) is 29.6 Å². The van der Waals surface area contributed by atoms with Gasteiger partial charge in [-0.15, -0.1) is 0 Å². The van der Waals surface area contributed by atoms with Crippen LogP contribution in [-0.2, 0) is 28.8 Å². The van der Waals surface area contributed by atoms with Gasteiger partial charge in [0.05, 0.1) is 23.9 Å². The third-order valence-corrected chi connectivity index (χ3v) is 10.4. The molecule has 5 aliphatic rings. The van der Waals surface area contributed by atoms with E-state index in [2.05, 4.69) is 26.1 Å². The summed E-state index contributed by atoms with van der Waals surface area (Å²) in [7, 11) is 0. The molecule has 5 atom stereocenters. The number of amides is 3. The molecule has 256 valence electrons. The van der Waals surface area contributed by atoms with E-state index in [4.69, 9.17) is 9.57 Å². The lowest BCUT2D eigenvalue weighted by Gasteiger charge is -2.32. The van der Waals surface area contributed by atoms with Crippen LogP contribution in [0.2, 0.25) is 0 Å². The Hall–Kier alpha value is -3.38. The molecule has 0 radical (unpaired) electrons. The number of carbonyl (C=O) groups is 4. The number of oxime groups is 1. The Morgan fingerprint density at radius 1 is 1.09 bits per heavy atom. The molecule has 2 saturated carbocycles. The molecule has 3 aliphatic heterocycles. The largest absolute Gasteiger partial charge is 0.386 e. The van der Waals surface area contributed by atoms with Gasteiger partial charge in [0.25, 0.3) is 5.91 Å². The molecule has 1 unspecified atom stereocenters. The molecule has 4 fully saturated rings. The molecule has 47 heavy (non-hydrogen) atoms. The van der Waals surface area contributed by atoms with Crippen molar-refractivity contribution < 1.29 is 28.8 Å². The fourth-order valence-electron chi connectivity index (χ4n) is 7.98. The van der Waals surface area contributed by atoms with Gasteiger partial charge in [0.1, 0.15) is 23.5 Å². The number of nitrogens with zero attached hydrogens (tertiary/aromatic N) is 3. The van der Waals surface area contributed by atoms with E-state index in [1.54, 1.807) is 11.1 Å². The molecule has 12 heteroatoms. The van der Waals surface area contributed by atoms with Crippen LogP contribution in [0.1, 0.15) is 110 Å². The highest BCUT2D eigenvalue weighted by molar-refractivity contribution is 6.38. The van der Waals surface area contributed by atoms with Gasteiger partial charge in [0, 0.05) is 25.1 Å². The second-order valence-corrected chi connectivity index (χ2v) is 15.1. The van der Waals surface area contributed by atoms with Crippen molar-refractivity contribution in [3.63, 3.8) is 0 Å². The number of ether oxygens (including phenoxy) is 1. The van der Waals surface area contributed by atoms with Crippen LogP contribution in [0.25, 0.3) is 0 Å². The summed E-state index contributed by atoms with van der Waals surface area (Å²) in [6.45, 7) is 7.88. The number of hydrogen-bond donors (Lipinski definition) is 3. The van der Waals surface area contributed by atoms with Gasteiger partial charge < -0.3 is 25.1 Å². The third-order valence-electron chi connectivity index (χ3n) is 10.4. The number of rotatable bonds is 11. The van der Waals surface area contributed by atoms with Gasteiger partial charge in [-0.3, -0.25) is 29.5 Å². The maximum absolute atomic E-state index is 14.6. The lowest BCUT2D eigenvalue weighted by Crippen LogP contribution is -2.58. The average Bonchev–Trinajstić information content (AvgIpc) is 3.54. The van der Waals surface area contributed by atoms with Gasteiger partial charge in [0.15, 0.2) is 5.60 Å². The normalized spacial score (nSPS) is 30.9. The SMILES string of the molecule is CCC[C@H](NC(=O)[C@@H]1C[C@]2(CC(c3ccccn3)=NO2)CN1C(=O)[C@H]1NC(C)(CC2CCCCC2)OC1(C)C)C(=O)C(=O)NC1CC1. The van der Waals surface area contributed by atoms with Crippen LogP contribution in [0, 0.1) is 5.92 Å². The first-order chi connectivity index (χ1) is 22.4. The van der Waals surface area contributed by atoms with Gasteiger partial charge in [-0.1, -0.05) is 56.7 Å². The average molecular weight is 651 g/mol. The first-order valence-electron chi connectivity index (χ1n) is 17.5. The second-order valence-electron chi connectivity index (χ2n) is 15.1. The zero-order chi connectivity index (χ0) is 33.4. The lowest BCUT2D eigenvalue weighted by atomic mass is 9.84. The number of carbonyl (C=O) groups excluding carboxylic acids is 4. The molecule has 2 saturated heterocycles. The van der Waals surface area contributed by atoms with Crippen molar-refractivity contribution in [3.05, 3.63) is 30.1 Å². The number of nitrogens with one attached hydrogen (secondary N) is 3. The third kappa shape index (κ3) is 7.38. The molecule has 2 aliphatic carbocycles. The zero-order valence-electron chi connectivity index (χ0n) is 28.2. The van der Waals surface area contributed by atoms with Crippen LogP contribution in [0.3, 0.4) is 0 Å². The van der Waals surface area contributed by atoms with E-state index in [0.29, 0.717) is 36.6 Å². The first kappa shape index (κ1) is 33.5. The molecule has 6 rings (SSSR count). The summed E-state index contributed by atoms with van der Waals surface area (Å²) < 4.78 is 6.60. The molecule has 1 aromatic heterocycles. The van der Waals surface area contributed by atoms with Crippen molar-refractivity contribution in [2.24, 2.45) is 11.1 Å². The van der Waals surface area contributed by atoms with E-state index in [0.717, 1.165) is 32.1 Å². The number of hydrogen-bond acceptors (Lipinski definition) is 9. The summed E-state index contributed by atoms with van der Waals surface area (Å²) in [5, 5.41) is 13.5. The van der Waals surface area contributed by atoms with E-state index in [9.17, 15) is 19.2 Å². The van der Waals surface area contributed by atoms with Gasteiger partial charge in [-0.2, -0.15) is 0 Å². The smallest absolute Gasteiger partial charge is 0.289 e. The predicted octanol–water partition coefficient (Wildman–Crippen LogP) is 3.13. The van der Waals surface area contributed by atoms with E-state index >= 15 is 0 Å². The van der Waals surface area contributed by atoms with Crippen molar-refractivity contribution in [2.45, 2.75) is 146 Å². The summed E-state index contributed by atoms with van der Waals surface area (Å²) >= 11 is 0. The monoisotopic (exact) mass is 650 g/mol. The molecule has 12 nitrogen and oxygen atoms in total. The summed E-state index contributed by atoms with van der Waals surface area (Å²) in [6, 6.07) is 2.93. The molecule has 0 bridgehead atoms. The Bertz CT molecular complexity index is 1390. The molecule has 3 amide bonds. The van der Waals surface area contributed by atoms with Crippen molar-refractivity contribution in [2.75, 3.05) is 6.54 Å². The van der Waals surface area contributed by atoms with E-state index in [-0.39, 0.29) is 24.9 Å². The Labute approximate surface area is 277 Å². The highest BCUT2D eigenvalue weighted by Gasteiger charge is 2.59. The Morgan fingerprint density at radius 3 is 2.53 bits per heavy atom. The number of likely N-dealkylation sites (tertiary alicyclic amines) is 1. The Balaban J connectivity index is 1.23. The van der Waals surface area contributed by atoms with Crippen LogP contribution >= 0.6 is 0 Å². The number of aromatic nitrogens is 1. The number of ketones is 1. The predicted molar refractivity (Wildman–Crippen MR) is 174 cm³/mol. The number of pyridine rings is 1. The van der Waals surface area contributed by atoms with E-state index in [1.807, 2.05) is 45.9 Å². The van der Waals surface area contributed by atoms with Crippen LogP contribution in [0.4, 0.5) is 0 Å². The molecule has 0 aromatic carbocycles. The highest BCUT2D eigenvalue weighted by Crippen LogP contribution is 2.42. The second kappa shape index (κ2) is 13.3. The van der Waals surface area contributed by atoms with Gasteiger partial charge in [-0.05, 0) is 64.5 Å². The molecule has 4 heterocycles. The van der Waals surface area contributed by atoms with Gasteiger partial charge in [-0.25, -0.2) is 0 Å². The minimum atomic E-state index is -0.993. The summed E-state index contributed by atoms with van der Waals surface area (Å²) in [6.07, 6.45) is 11.6. The van der Waals surface area contributed by atoms with Gasteiger partial charge >= 0.3 is 0 Å². The van der Waals surface area contributed by atoms with Crippen LogP contribution in [0.5, 0.6) is 0 Å². The molecular formula is C35H50N6O6. The Kier molecular flexibility index (Phi) is 9.46. The van der Waals surface area contributed by atoms with Gasteiger partial charge in [0.2, 0.25) is 17.6 Å². The van der Waals surface area contributed by atoms with E-state index in [1.165, 1.54) is 19.3 Å². The molecule has 1 spiro atoms. The molecular weight excluding hydrogens is 600 g/mol. The summed E-state index contributed by atoms with van der Waals surface area (Å²) in [5.41, 5.74) is -1.14. The quantitative estimate of drug-likeness (QED) is 0.309. The van der Waals surface area contributed by atoms with Crippen LogP contribution in [-0.4, -0.2) is 86.7 Å². The highest BCUT2D eigenvalue weighted by atomic mass is 16.7. The Morgan fingerprint density at radius 2 is 1.85 bits per heavy atom. The summed E-state index contributed by atoms with van der Waals surface area (Å²) in [4.78, 5) is 66.6. The van der Waals surface area contributed by atoms with Crippen LogP contribution < -0.4 is 16.0 Å². The first-order valence-corrected chi connectivity index (χ1v) is 17.5. The minimum absolute atomic E-state index is 0.0216. The van der Waals surface area contributed by atoms with Crippen molar-refractivity contribution >= 4 is 29.2 Å². The topological polar surface area (TPSA) is 151 Å². The lowest BCUT2D eigenvalue weighted by molar-refractivity contribution is -0.145. The van der Waals surface area contributed by atoms with E-state index < -0.39 is 52.7 Å². The zero-order valence-corrected chi connectivity index (χ0v) is 28.2. The van der Waals surface area contributed by atoms with Crippen molar-refractivity contribution in [1.82, 2.24) is 25.8 Å². The standard InChI is InChI=1S/C35H50N6O6/c1-5-11-25(28(42)31(44)37-23-15-16-23)38-30(43)27-20-35(19-26(40-47-35)24-14-9-10-17-36-24)21-41(27)32(45)29-33(2,3)46-34(4,39-29)18-22-12-7-6-8-13-22/h9-10,14,17,22-23,25,27,29,39H,5-8,11-13,15-16,18-21H2,1-4H3,(H,37,44)(H,38,43)/t25-,27-,29+,34?,35+/m0/s1. The maximum atomic E-state index is 14.6. The maximum Gasteiger partial charge on any atom is 0.289 e. The minimum Gasteiger partial charge on any atom is -0.386 e. The fourth-order valence-corrected chi connectivity index (χ4v) is 7.98. The molecule has 3 N–H and O–H groups in total. The number of Topliss-reactive ketones (excluding diaryl/α,β-unsaturated/α-hetero) is 1. The molecule has 1 aromatic rings. The fraction of sp³-hybridized carbons (Fsp3) is 0.714. The summed E-state index contributed by atoms with van der Waals surface area (Å²) in [5.74, 6) is -1.57. The van der Waals surface area contributed by atoms with Crippen molar-refractivity contribution in [1.29, 1.82) is 0 Å². The van der Waals surface area contributed by atoms with Crippen molar-refractivity contribution in [3.8, 4) is 0 Å².